The highest BCUT2D eigenvalue weighted by Crippen LogP contribution is 2.22. The van der Waals surface area contributed by atoms with Crippen LogP contribution in [0.2, 0.25) is 5.02 Å². The Kier molecular flexibility index (Phi) is 4.77. The zero-order valence-corrected chi connectivity index (χ0v) is 13.9. The van der Waals surface area contributed by atoms with Gasteiger partial charge in [-0.05, 0) is 42.5 Å². The van der Waals surface area contributed by atoms with E-state index in [-0.39, 0.29) is 5.91 Å². The van der Waals surface area contributed by atoms with E-state index in [9.17, 15) is 4.79 Å². The number of carbonyl (C=O) groups excluding carboxylic acids is 1. The standard InChI is InChI=1S/C19H16ClN3O/c1-23(16-8-3-2-4-9-16)17-10-11-18(21-13-17)19(24)22-15-7-5-6-14(20)12-15/h2-13H,1H3,(H,22,24). The average molecular weight is 338 g/mol. The summed E-state index contributed by atoms with van der Waals surface area (Å²) < 4.78 is 0. The predicted molar refractivity (Wildman–Crippen MR) is 98.1 cm³/mol. The van der Waals surface area contributed by atoms with E-state index in [2.05, 4.69) is 10.3 Å². The van der Waals surface area contributed by atoms with Crippen molar-refractivity contribution in [1.29, 1.82) is 0 Å². The lowest BCUT2D eigenvalue weighted by Gasteiger charge is -2.19. The molecule has 4 nitrogen and oxygen atoms in total. The van der Waals surface area contributed by atoms with E-state index in [1.165, 1.54) is 0 Å². The van der Waals surface area contributed by atoms with Gasteiger partial charge in [0.1, 0.15) is 5.69 Å². The maximum absolute atomic E-state index is 12.2. The van der Waals surface area contributed by atoms with Crippen LogP contribution in [0.4, 0.5) is 17.1 Å². The molecule has 0 unspecified atom stereocenters. The number of benzene rings is 2. The Bertz CT molecular complexity index is 835. The third kappa shape index (κ3) is 3.73. The van der Waals surface area contributed by atoms with Crippen molar-refractivity contribution in [3.63, 3.8) is 0 Å². The van der Waals surface area contributed by atoms with Gasteiger partial charge in [-0.25, -0.2) is 4.98 Å². The van der Waals surface area contributed by atoms with Crippen molar-refractivity contribution in [2.24, 2.45) is 0 Å². The van der Waals surface area contributed by atoms with E-state index in [1.807, 2.05) is 48.3 Å². The van der Waals surface area contributed by atoms with Crippen LogP contribution < -0.4 is 10.2 Å². The van der Waals surface area contributed by atoms with E-state index in [1.54, 1.807) is 36.5 Å². The molecule has 5 heteroatoms. The fourth-order valence-electron chi connectivity index (χ4n) is 2.28. The summed E-state index contributed by atoms with van der Waals surface area (Å²) in [4.78, 5) is 18.5. The number of halogens is 1. The van der Waals surface area contributed by atoms with Gasteiger partial charge in [-0.3, -0.25) is 4.79 Å². The Labute approximate surface area is 145 Å². The molecule has 120 valence electrons. The number of aromatic nitrogens is 1. The normalized spacial score (nSPS) is 10.2. The highest BCUT2D eigenvalue weighted by atomic mass is 35.5. The number of nitrogens with zero attached hydrogens (tertiary/aromatic N) is 2. The third-order valence-corrected chi connectivity index (χ3v) is 3.83. The fourth-order valence-corrected chi connectivity index (χ4v) is 2.47. The second kappa shape index (κ2) is 7.15. The highest BCUT2D eigenvalue weighted by molar-refractivity contribution is 6.30. The van der Waals surface area contributed by atoms with Gasteiger partial charge in [-0.2, -0.15) is 0 Å². The molecule has 3 aromatic rings. The van der Waals surface area contributed by atoms with Crippen LogP contribution in [0.3, 0.4) is 0 Å². The van der Waals surface area contributed by atoms with E-state index < -0.39 is 0 Å². The summed E-state index contributed by atoms with van der Waals surface area (Å²) in [5.41, 5.74) is 2.94. The summed E-state index contributed by atoms with van der Waals surface area (Å²) in [6.45, 7) is 0. The lowest BCUT2D eigenvalue weighted by atomic mass is 10.2. The van der Waals surface area contributed by atoms with Crippen molar-refractivity contribution in [3.8, 4) is 0 Å². The SMILES string of the molecule is CN(c1ccccc1)c1ccc(C(=O)Nc2cccc(Cl)c2)nc1. The van der Waals surface area contributed by atoms with Gasteiger partial charge in [0.05, 0.1) is 11.9 Å². The van der Waals surface area contributed by atoms with Crippen LogP contribution in [0.25, 0.3) is 0 Å². The quantitative estimate of drug-likeness (QED) is 0.746. The first kappa shape index (κ1) is 16.0. The van der Waals surface area contributed by atoms with Crippen LogP contribution >= 0.6 is 11.6 Å². The third-order valence-electron chi connectivity index (χ3n) is 3.59. The molecule has 0 radical (unpaired) electrons. The summed E-state index contributed by atoms with van der Waals surface area (Å²) in [5, 5.41) is 3.35. The molecule has 0 aliphatic heterocycles. The van der Waals surface area contributed by atoms with Crippen molar-refractivity contribution in [3.05, 3.63) is 83.6 Å². The van der Waals surface area contributed by atoms with Crippen molar-refractivity contribution in [2.75, 3.05) is 17.3 Å². The number of hydrogen-bond acceptors (Lipinski definition) is 3. The van der Waals surface area contributed by atoms with Gasteiger partial charge in [-0.1, -0.05) is 35.9 Å². The topological polar surface area (TPSA) is 45.2 Å². The Hall–Kier alpha value is -2.85. The molecule has 1 heterocycles. The Morgan fingerprint density at radius 2 is 1.79 bits per heavy atom. The smallest absolute Gasteiger partial charge is 0.274 e. The number of amides is 1. The number of hydrogen-bond donors (Lipinski definition) is 1. The molecule has 0 spiro atoms. The molecule has 0 fully saturated rings. The molecule has 1 amide bonds. The molecular weight excluding hydrogens is 322 g/mol. The Morgan fingerprint density at radius 1 is 1.00 bits per heavy atom. The van der Waals surface area contributed by atoms with Crippen LogP contribution in [-0.4, -0.2) is 17.9 Å². The van der Waals surface area contributed by atoms with Crippen molar-refractivity contribution in [1.82, 2.24) is 4.98 Å². The van der Waals surface area contributed by atoms with Gasteiger partial charge < -0.3 is 10.2 Å². The van der Waals surface area contributed by atoms with Crippen molar-refractivity contribution < 1.29 is 4.79 Å². The molecule has 2 aromatic carbocycles. The minimum absolute atomic E-state index is 0.272. The summed E-state index contributed by atoms with van der Waals surface area (Å²) in [5.74, 6) is -0.272. The first-order chi connectivity index (χ1) is 11.6. The van der Waals surface area contributed by atoms with Gasteiger partial charge in [0, 0.05) is 23.4 Å². The fraction of sp³-hybridized carbons (Fsp3) is 0.0526. The molecule has 0 aliphatic carbocycles. The van der Waals surface area contributed by atoms with Gasteiger partial charge in [0.15, 0.2) is 0 Å². The minimum Gasteiger partial charge on any atom is -0.343 e. The monoisotopic (exact) mass is 337 g/mol. The van der Waals surface area contributed by atoms with Gasteiger partial charge in [0.25, 0.3) is 5.91 Å². The lowest BCUT2D eigenvalue weighted by molar-refractivity contribution is 0.102. The molecular formula is C19H16ClN3O. The zero-order valence-electron chi connectivity index (χ0n) is 13.1. The molecule has 24 heavy (non-hydrogen) atoms. The van der Waals surface area contributed by atoms with Crippen molar-refractivity contribution >= 4 is 34.6 Å². The van der Waals surface area contributed by atoms with E-state index in [0.717, 1.165) is 11.4 Å². The van der Waals surface area contributed by atoms with Crippen molar-refractivity contribution in [2.45, 2.75) is 0 Å². The first-order valence-electron chi connectivity index (χ1n) is 7.45. The summed E-state index contributed by atoms with van der Waals surface area (Å²) in [6.07, 6.45) is 1.68. The average Bonchev–Trinajstić information content (AvgIpc) is 2.62. The number of carbonyl (C=O) groups is 1. The number of para-hydroxylation sites is 1. The summed E-state index contributed by atoms with van der Waals surface area (Å²) in [7, 11) is 1.96. The minimum atomic E-state index is -0.272. The molecule has 0 saturated carbocycles. The highest BCUT2D eigenvalue weighted by Gasteiger charge is 2.10. The lowest BCUT2D eigenvalue weighted by Crippen LogP contribution is -2.15. The number of pyridine rings is 1. The van der Waals surface area contributed by atoms with Crippen LogP contribution in [0.1, 0.15) is 10.5 Å². The Balaban J connectivity index is 1.73. The van der Waals surface area contributed by atoms with Gasteiger partial charge in [-0.15, -0.1) is 0 Å². The maximum atomic E-state index is 12.2. The Morgan fingerprint density at radius 3 is 2.46 bits per heavy atom. The zero-order chi connectivity index (χ0) is 16.9. The van der Waals surface area contributed by atoms with Gasteiger partial charge >= 0.3 is 0 Å². The molecule has 0 bridgehead atoms. The molecule has 0 aliphatic rings. The maximum Gasteiger partial charge on any atom is 0.274 e. The molecule has 3 rings (SSSR count). The van der Waals surface area contributed by atoms with Crippen LogP contribution in [-0.2, 0) is 0 Å². The molecule has 1 aromatic heterocycles. The van der Waals surface area contributed by atoms with Crippen LogP contribution in [0, 0.1) is 0 Å². The van der Waals surface area contributed by atoms with Gasteiger partial charge in [0.2, 0.25) is 0 Å². The number of anilines is 3. The summed E-state index contributed by atoms with van der Waals surface area (Å²) in [6, 6.07) is 20.5. The van der Waals surface area contributed by atoms with Crippen LogP contribution in [0.5, 0.6) is 0 Å². The predicted octanol–water partition coefficient (Wildman–Crippen LogP) is 4.76. The molecule has 0 saturated heterocycles. The van der Waals surface area contributed by atoms with Crippen LogP contribution in [0.15, 0.2) is 72.9 Å². The van der Waals surface area contributed by atoms with E-state index >= 15 is 0 Å². The summed E-state index contributed by atoms with van der Waals surface area (Å²) >= 11 is 5.92. The number of rotatable bonds is 4. The number of nitrogens with one attached hydrogen (secondary N) is 1. The molecule has 1 N–H and O–H groups in total. The molecule has 0 atom stereocenters. The second-order valence-electron chi connectivity index (χ2n) is 5.26. The van der Waals surface area contributed by atoms with E-state index in [4.69, 9.17) is 11.6 Å². The van der Waals surface area contributed by atoms with E-state index in [0.29, 0.717) is 16.4 Å². The first-order valence-corrected chi connectivity index (χ1v) is 7.83. The largest absolute Gasteiger partial charge is 0.343 e. The second-order valence-corrected chi connectivity index (χ2v) is 5.70.